The fourth-order valence-electron chi connectivity index (χ4n) is 3.91. The fourth-order valence-corrected chi connectivity index (χ4v) is 3.91. The van der Waals surface area contributed by atoms with Crippen LogP contribution in [0.1, 0.15) is 44.6 Å². The monoisotopic (exact) mass is 335 g/mol. The number of benzene rings is 1. The largest absolute Gasteiger partial charge is 0.353 e. The zero-order valence-corrected chi connectivity index (χ0v) is 15.0. The van der Waals surface area contributed by atoms with Crippen LogP contribution in [0.3, 0.4) is 0 Å². The van der Waals surface area contributed by atoms with Gasteiger partial charge in [-0.2, -0.15) is 5.10 Å². The second-order valence-electron chi connectivity index (χ2n) is 6.90. The molecule has 4 rings (SSSR count). The molecule has 0 atom stereocenters. The summed E-state index contributed by atoms with van der Waals surface area (Å²) in [6.07, 6.45) is 10.1. The van der Waals surface area contributed by atoms with E-state index in [9.17, 15) is 0 Å². The van der Waals surface area contributed by atoms with Crippen LogP contribution in [-0.4, -0.2) is 32.3 Å². The normalized spacial score (nSPS) is 15.6. The molecule has 3 aromatic rings. The summed E-state index contributed by atoms with van der Waals surface area (Å²) in [5.74, 6) is 1.03. The van der Waals surface area contributed by atoms with Crippen LogP contribution in [0.25, 0.3) is 16.7 Å². The van der Waals surface area contributed by atoms with Crippen LogP contribution in [-0.2, 0) is 0 Å². The first-order valence-electron chi connectivity index (χ1n) is 9.30. The quantitative estimate of drug-likeness (QED) is 0.714. The highest BCUT2D eigenvalue weighted by Crippen LogP contribution is 2.30. The Balaban J connectivity index is 1.76. The lowest BCUT2D eigenvalue weighted by atomic mass is 9.94. The lowest BCUT2D eigenvalue weighted by Gasteiger charge is -2.34. The highest BCUT2D eigenvalue weighted by atomic mass is 15.3. The maximum Gasteiger partial charge on any atom is 0.168 e. The summed E-state index contributed by atoms with van der Waals surface area (Å²) >= 11 is 0. The van der Waals surface area contributed by atoms with Gasteiger partial charge in [-0.15, -0.1) is 0 Å². The van der Waals surface area contributed by atoms with Gasteiger partial charge in [0.25, 0.3) is 0 Å². The molecule has 1 fully saturated rings. The molecule has 1 saturated carbocycles. The number of anilines is 1. The lowest BCUT2D eigenvalue weighted by molar-refractivity contribution is 0.417. The van der Waals surface area contributed by atoms with Crippen LogP contribution in [0, 0.1) is 6.92 Å². The molecule has 5 nitrogen and oxygen atoms in total. The van der Waals surface area contributed by atoms with Crippen molar-refractivity contribution in [3.8, 4) is 5.69 Å². The predicted octanol–water partition coefficient (Wildman–Crippen LogP) is 4.28. The Morgan fingerprint density at radius 3 is 2.56 bits per heavy atom. The van der Waals surface area contributed by atoms with E-state index in [0.717, 1.165) is 29.1 Å². The molecule has 2 aromatic heterocycles. The molecule has 0 amide bonds. The van der Waals surface area contributed by atoms with Crippen molar-refractivity contribution in [1.29, 1.82) is 0 Å². The minimum absolute atomic E-state index is 0.583. The fraction of sp³-hybridized carbons (Fsp3) is 0.450. The van der Waals surface area contributed by atoms with Gasteiger partial charge in [0.1, 0.15) is 12.1 Å². The van der Waals surface area contributed by atoms with Crippen LogP contribution < -0.4 is 4.90 Å². The van der Waals surface area contributed by atoms with Crippen LogP contribution in [0.4, 0.5) is 5.82 Å². The van der Waals surface area contributed by atoms with E-state index in [4.69, 9.17) is 0 Å². The van der Waals surface area contributed by atoms with Gasteiger partial charge in [0.2, 0.25) is 0 Å². The molecule has 0 N–H and O–H groups in total. The van der Waals surface area contributed by atoms with Gasteiger partial charge in [0, 0.05) is 12.6 Å². The summed E-state index contributed by atoms with van der Waals surface area (Å²) in [5.41, 5.74) is 3.15. The van der Waals surface area contributed by atoms with Gasteiger partial charge in [0.05, 0.1) is 17.3 Å². The topological polar surface area (TPSA) is 46.8 Å². The number of nitrogens with zero attached hydrogens (tertiary/aromatic N) is 5. The second-order valence-corrected chi connectivity index (χ2v) is 6.90. The Morgan fingerprint density at radius 2 is 1.84 bits per heavy atom. The third-order valence-electron chi connectivity index (χ3n) is 5.25. The van der Waals surface area contributed by atoms with E-state index in [1.54, 1.807) is 6.33 Å². The van der Waals surface area contributed by atoms with E-state index < -0.39 is 0 Å². The highest BCUT2D eigenvalue weighted by Gasteiger charge is 2.24. The second kappa shape index (κ2) is 6.82. The summed E-state index contributed by atoms with van der Waals surface area (Å²) in [4.78, 5) is 11.6. The van der Waals surface area contributed by atoms with Crippen molar-refractivity contribution in [1.82, 2.24) is 19.7 Å². The summed E-state index contributed by atoms with van der Waals surface area (Å²) in [6.45, 7) is 5.27. The van der Waals surface area contributed by atoms with Gasteiger partial charge in [-0.3, -0.25) is 0 Å². The van der Waals surface area contributed by atoms with Crippen molar-refractivity contribution in [3.05, 3.63) is 42.4 Å². The van der Waals surface area contributed by atoms with Crippen molar-refractivity contribution in [2.45, 2.75) is 52.0 Å². The van der Waals surface area contributed by atoms with Gasteiger partial charge >= 0.3 is 0 Å². The van der Waals surface area contributed by atoms with Crippen molar-refractivity contribution in [2.75, 3.05) is 11.4 Å². The Bertz CT molecular complexity index is 846. The maximum atomic E-state index is 4.64. The highest BCUT2D eigenvalue weighted by molar-refractivity contribution is 5.87. The summed E-state index contributed by atoms with van der Waals surface area (Å²) in [7, 11) is 0. The molecule has 0 bridgehead atoms. The standard InChI is InChI=1S/C20H25N5/c1-3-24(16-7-5-4-6-8-16)19-18-13-23-25(20(18)22-14-21-19)17-11-9-15(2)10-12-17/h9-14,16H,3-8H2,1-2H3. The molecule has 1 aliphatic rings. The third-order valence-corrected chi connectivity index (χ3v) is 5.25. The summed E-state index contributed by atoms with van der Waals surface area (Å²) in [5, 5.41) is 5.64. The molecule has 5 heteroatoms. The van der Waals surface area contributed by atoms with Gasteiger partial charge in [-0.1, -0.05) is 37.0 Å². The molecule has 0 radical (unpaired) electrons. The van der Waals surface area contributed by atoms with Crippen molar-refractivity contribution in [3.63, 3.8) is 0 Å². The minimum atomic E-state index is 0.583. The number of hydrogen-bond donors (Lipinski definition) is 0. The molecule has 0 unspecified atom stereocenters. The predicted molar refractivity (Wildman–Crippen MR) is 101 cm³/mol. The van der Waals surface area contributed by atoms with E-state index in [0.29, 0.717) is 6.04 Å². The number of hydrogen-bond acceptors (Lipinski definition) is 4. The van der Waals surface area contributed by atoms with Gasteiger partial charge in [-0.05, 0) is 38.8 Å². The molecule has 0 saturated heterocycles. The van der Waals surface area contributed by atoms with E-state index in [2.05, 4.69) is 58.1 Å². The molecule has 1 aromatic carbocycles. The van der Waals surface area contributed by atoms with Crippen molar-refractivity contribution < 1.29 is 0 Å². The summed E-state index contributed by atoms with van der Waals surface area (Å²) in [6, 6.07) is 8.96. The van der Waals surface area contributed by atoms with E-state index in [1.807, 2.05) is 10.9 Å². The van der Waals surface area contributed by atoms with Crippen molar-refractivity contribution >= 4 is 16.9 Å². The number of aromatic nitrogens is 4. The summed E-state index contributed by atoms with van der Waals surface area (Å²) < 4.78 is 1.91. The van der Waals surface area contributed by atoms with E-state index in [-0.39, 0.29) is 0 Å². The molecule has 130 valence electrons. The van der Waals surface area contributed by atoms with Crippen LogP contribution in [0.15, 0.2) is 36.8 Å². The van der Waals surface area contributed by atoms with Crippen LogP contribution >= 0.6 is 0 Å². The minimum Gasteiger partial charge on any atom is -0.353 e. The van der Waals surface area contributed by atoms with Crippen molar-refractivity contribution in [2.24, 2.45) is 0 Å². The third kappa shape index (κ3) is 2.99. The maximum absolute atomic E-state index is 4.64. The Morgan fingerprint density at radius 1 is 1.08 bits per heavy atom. The SMILES string of the molecule is CCN(c1ncnc2c1cnn2-c1ccc(C)cc1)C1CCCCC1. The van der Waals surface area contributed by atoms with E-state index >= 15 is 0 Å². The Kier molecular flexibility index (Phi) is 4.38. The average Bonchev–Trinajstić information content (AvgIpc) is 3.09. The number of rotatable bonds is 4. The Hall–Kier alpha value is -2.43. The first kappa shape index (κ1) is 16.1. The number of aryl methyl sites for hydroxylation is 1. The van der Waals surface area contributed by atoms with Crippen LogP contribution in [0.5, 0.6) is 0 Å². The Labute approximate surface area is 148 Å². The van der Waals surface area contributed by atoms with Crippen LogP contribution in [0.2, 0.25) is 0 Å². The molecular weight excluding hydrogens is 310 g/mol. The molecule has 0 spiro atoms. The first-order valence-corrected chi connectivity index (χ1v) is 9.30. The molecule has 2 heterocycles. The zero-order valence-electron chi connectivity index (χ0n) is 15.0. The molecule has 0 aliphatic heterocycles. The molecule has 25 heavy (non-hydrogen) atoms. The van der Waals surface area contributed by atoms with Gasteiger partial charge < -0.3 is 4.90 Å². The lowest BCUT2D eigenvalue weighted by Crippen LogP contribution is -2.37. The van der Waals surface area contributed by atoms with Gasteiger partial charge in [-0.25, -0.2) is 14.6 Å². The molecular formula is C20H25N5. The van der Waals surface area contributed by atoms with Gasteiger partial charge in [0.15, 0.2) is 5.65 Å². The average molecular weight is 335 g/mol. The van der Waals surface area contributed by atoms with E-state index in [1.165, 1.54) is 37.7 Å². The zero-order chi connectivity index (χ0) is 17.2. The first-order chi connectivity index (χ1) is 12.3. The molecule has 1 aliphatic carbocycles. The number of fused-ring (bicyclic) bond motifs is 1. The smallest absolute Gasteiger partial charge is 0.168 e.